The van der Waals surface area contributed by atoms with E-state index in [0.29, 0.717) is 0 Å². The van der Waals surface area contributed by atoms with Gasteiger partial charge < -0.3 is 14.7 Å². The molecule has 4 fully saturated rings. The van der Waals surface area contributed by atoms with Gasteiger partial charge in [-0.15, -0.1) is 0 Å². The molecule has 150 valence electrons. The molecule has 3 aliphatic heterocycles. The number of nitrogens with zero attached hydrogens (tertiary/aromatic N) is 4. The lowest BCUT2D eigenvalue weighted by molar-refractivity contribution is -0.0649. The summed E-state index contributed by atoms with van der Waals surface area (Å²) >= 11 is 0. The Balaban J connectivity index is 1.19. The van der Waals surface area contributed by atoms with Gasteiger partial charge in [-0.05, 0) is 96.6 Å². The number of hydrogen-bond acceptors (Lipinski definition) is 4. The molecule has 0 bridgehead atoms. The Hall–Kier alpha value is -0.160. The quantitative estimate of drug-likeness (QED) is 0.762. The Kier molecular flexibility index (Phi) is 5.95. The fourth-order valence-electron chi connectivity index (χ4n) is 6.17. The lowest BCUT2D eigenvalue weighted by Crippen LogP contribution is -2.61. The maximum atomic E-state index is 2.84. The Morgan fingerprint density at radius 1 is 0.885 bits per heavy atom. The number of piperazine rings is 1. The summed E-state index contributed by atoms with van der Waals surface area (Å²) in [4.78, 5) is 10.7. The molecule has 0 aromatic heterocycles. The summed E-state index contributed by atoms with van der Waals surface area (Å²) in [6.45, 7) is 13.0. The number of likely N-dealkylation sites (N-methyl/N-ethyl adjacent to an activating group) is 1. The van der Waals surface area contributed by atoms with Crippen LogP contribution in [0.4, 0.5) is 0 Å². The molecule has 4 nitrogen and oxygen atoms in total. The number of piperidine rings is 2. The summed E-state index contributed by atoms with van der Waals surface area (Å²) < 4.78 is 0. The van der Waals surface area contributed by atoms with Crippen molar-refractivity contribution in [3.8, 4) is 0 Å². The molecule has 0 aromatic carbocycles. The molecule has 1 saturated carbocycles. The van der Waals surface area contributed by atoms with Gasteiger partial charge in [-0.3, -0.25) is 4.90 Å². The second-order valence-electron chi connectivity index (χ2n) is 10.1. The fourth-order valence-corrected chi connectivity index (χ4v) is 6.17. The molecule has 0 amide bonds. The van der Waals surface area contributed by atoms with Crippen LogP contribution in [0.25, 0.3) is 0 Å². The minimum Gasteiger partial charge on any atom is -0.306 e. The van der Waals surface area contributed by atoms with Crippen molar-refractivity contribution in [2.75, 3.05) is 66.5 Å². The third-order valence-electron chi connectivity index (χ3n) is 8.40. The zero-order chi connectivity index (χ0) is 18.1. The highest BCUT2D eigenvalue weighted by molar-refractivity contribution is 5.02. The van der Waals surface area contributed by atoms with Crippen molar-refractivity contribution in [1.29, 1.82) is 0 Å². The molecule has 1 spiro atoms. The van der Waals surface area contributed by atoms with Gasteiger partial charge in [0.25, 0.3) is 0 Å². The lowest BCUT2D eigenvalue weighted by Gasteiger charge is -2.57. The van der Waals surface area contributed by atoms with Gasteiger partial charge in [0, 0.05) is 38.3 Å². The SMILES string of the molecule is CC[C@@H]1CN(C2CC3(CCN(CC4CCN(C)CC4)CC3)C2)CCN1C. The van der Waals surface area contributed by atoms with Crippen molar-refractivity contribution < 1.29 is 0 Å². The van der Waals surface area contributed by atoms with Crippen LogP contribution in [0.2, 0.25) is 0 Å². The molecule has 4 aliphatic rings. The summed E-state index contributed by atoms with van der Waals surface area (Å²) in [6.07, 6.45) is 10.1. The van der Waals surface area contributed by atoms with Gasteiger partial charge in [0.2, 0.25) is 0 Å². The zero-order valence-electron chi connectivity index (χ0n) is 17.6. The van der Waals surface area contributed by atoms with Crippen molar-refractivity contribution in [1.82, 2.24) is 19.6 Å². The van der Waals surface area contributed by atoms with Gasteiger partial charge >= 0.3 is 0 Å². The number of rotatable bonds is 4. The summed E-state index contributed by atoms with van der Waals surface area (Å²) in [5.74, 6) is 0.964. The monoisotopic (exact) mass is 362 g/mol. The molecule has 0 aromatic rings. The van der Waals surface area contributed by atoms with E-state index >= 15 is 0 Å². The standard InChI is InChI=1S/C22H42N4/c1-4-20-18-26(14-13-24(20)3)21-15-22(16-21)7-11-25(12-8-22)17-19-5-9-23(2)10-6-19/h19-21H,4-18H2,1-3H3/t20-/m1/s1. The second-order valence-corrected chi connectivity index (χ2v) is 10.1. The molecule has 0 radical (unpaired) electrons. The maximum Gasteiger partial charge on any atom is 0.0218 e. The molecule has 0 N–H and O–H groups in total. The van der Waals surface area contributed by atoms with Gasteiger partial charge in [-0.1, -0.05) is 6.92 Å². The lowest BCUT2D eigenvalue weighted by atomic mass is 9.60. The smallest absolute Gasteiger partial charge is 0.0218 e. The van der Waals surface area contributed by atoms with Crippen LogP contribution in [0, 0.1) is 11.3 Å². The highest BCUT2D eigenvalue weighted by atomic mass is 15.3. The maximum absolute atomic E-state index is 2.84. The highest BCUT2D eigenvalue weighted by Crippen LogP contribution is 2.51. The van der Waals surface area contributed by atoms with Crippen molar-refractivity contribution in [2.45, 2.75) is 64.0 Å². The van der Waals surface area contributed by atoms with Crippen LogP contribution < -0.4 is 0 Å². The first-order valence-electron chi connectivity index (χ1n) is 11.4. The fraction of sp³-hybridized carbons (Fsp3) is 1.00. The average Bonchev–Trinajstić information content (AvgIpc) is 2.63. The van der Waals surface area contributed by atoms with Gasteiger partial charge in [0.1, 0.15) is 0 Å². The number of likely N-dealkylation sites (tertiary alicyclic amines) is 2. The van der Waals surface area contributed by atoms with Gasteiger partial charge in [0.05, 0.1) is 0 Å². The van der Waals surface area contributed by atoms with E-state index in [0.717, 1.165) is 23.4 Å². The predicted octanol–water partition coefficient (Wildman–Crippen LogP) is 2.60. The minimum absolute atomic E-state index is 0.721. The van der Waals surface area contributed by atoms with Crippen LogP contribution in [0.15, 0.2) is 0 Å². The molecule has 4 heteroatoms. The second kappa shape index (κ2) is 8.06. The Labute approximate surface area is 161 Å². The summed E-state index contributed by atoms with van der Waals surface area (Å²) in [5, 5.41) is 0. The van der Waals surface area contributed by atoms with Gasteiger partial charge in [-0.25, -0.2) is 0 Å². The van der Waals surface area contributed by atoms with E-state index < -0.39 is 0 Å². The van der Waals surface area contributed by atoms with E-state index in [1.54, 1.807) is 0 Å². The van der Waals surface area contributed by atoms with E-state index in [4.69, 9.17) is 0 Å². The largest absolute Gasteiger partial charge is 0.306 e. The van der Waals surface area contributed by atoms with Crippen molar-refractivity contribution in [3.05, 3.63) is 0 Å². The van der Waals surface area contributed by atoms with Crippen molar-refractivity contribution in [3.63, 3.8) is 0 Å². The van der Waals surface area contributed by atoms with E-state index in [-0.39, 0.29) is 0 Å². The van der Waals surface area contributed by atoms with Gasteiger partial charge in [-0.2, -0.15) is 0 Å². The Morgan fingerprint density at radius 3 is 2.23 bits per heavy atom. The molecule has 4 rings (SSSR count). The number of hydrogen-bond donors (Lipinski definition) is 0. The molecule has 3 saturated heterocycles. The molecule has 3 heterocycles. The summed E-state index contributed by atoms with van der Waals surface area (Å²) in [6, 6.07) is 1.69. The predicted molar refractivity (Wildman–Crippen MR) is 110 cm³/mol. The highest BCUT2D eigenvalue weighted by Gasteiger charge is 2.48. The first-order chi connectivity index (χ1) is 12.6. The molecular weight excluding hydrogens is 320 g/mol. The van der Waals surface area contributed by atoms with Crippen LogP contribution in [-0.2, 0) is 0 Å². The first-order valence-corrected chi connectivity index (χ1v) is 11.4. The van der Waals surface area contributed by atoms with Crippen LogP contribution >= 0.6 is 0 Å². The molecule has 1 atom stereocenters. The molecule has 0 unspecified atom stereocenters. The van der Waals surface area contributed by atoms with Crippen LogP contribution in [-0.4, -0.2) is 98.1 Å². The Bertz CT molecular complexity index is 443. The molecular formula is C22H42N4. The van der Waals surface area contributed by atoms with Gasteiger partial charge in [0.15, 0.2) is 0 Å². The zero-order valence-corrected chi connectivity index (χ0v) is 17.6. The summed E-state index contributed by atoms with van der Waals surface area (Å²) in [7, 11) is 4.59. The third kappa shape index (κ3) is 4.14. The van der Waals surface area contributed by atoms with E-state index in [1.165, 1.54) is 97.3 Å². The van der Waals surface area contributed by atoms with Crippen molar-refractivity contribution >= 4 is 0 Å². The Morgan fingerprint density at radius 2 is 1.58 bits per heavy atom. The molecule has 26 heavy (non-hydrogen) atoms. The van der Waals surface area contributed by atoms with E-state index in [9.17, 15) is 0 Å². The topological polar surface area (TPSA) is 13.0 Å². The van der Waals surface area contributed by atoms with Crippen molar-refractivity contribution in [2.24, 2.45) is 11.3 Å². The third-order valence-corrected chi connectivity index (χ3v) is 8.40. The normalized spacial score (nSPS) is 33.6. The van der Waals surface area contributed by atoms with E-state index in [1.807, 2.05) is 0 Å². The van der Waals surface area contributed by atoms with Crippen LogP contribution in [0.3, 0.4) is 0 Å². The first kappa shape index (κ1) is 19.2. The summed E-state index contributed by atoms with van der Waals surface area (Å²) in [5.41, 5.74) is 0.721. The van der Waals surface area contributed by atoms with E-state index in [2.05, 4.69) is 40.6 Å². The van der Waals surface area contributed by atoms with Crippen LogP contribution in [0.1, 0.15) is 51.9 Å². The van der Waals surface area contributed by atoms with Crippen LogP contribution in [0.5, 0.6) is 0 Å². The average molecular weight is 363 g/mol. The molecule has 1 aliphatic carbocycles. The minimum atomic E-state index is 0.721.